The highest BCUT2D eigenvalue weighted by atomic mass is 32.2. The Labute approximate surface area is 121 Å². The van der Waals surface area contributed by atoms with E-state index in [1.165, 1.54) is 17.8 Å². The largest absolute Gasteiger partial charge is 0.363 e. The topological polar surface area (TPSA) is 59.3 Å². The van der Waals surface area contributed by atoms with E-state index in [2.05, 4.69) is 4.98 Å². The van der Waals surface area contributed by atoms with Gasteiger partial charge >= 0.3 is 5.69 Å². The summed E-state index contributed by atoms with van der Waals surface area (Å²) in [6.07, 6.45) is 0. The van der Waals surface area contributed by atoms with Crippen LogP contribution in [0.25, 0.3) is 0 Å². The van der Waals surface area contributed by atoms with Gasteiger partial charge in [0.25, 0.3) is 0 Å². The molecule has 0 unspecified atom stereocenters. The van der Waals surface area contributed by atoms with E-state index in [0.29, 0.717) is 10.8 Å². The van der Waals surface area contributed by atoms with Gasteiger partial charge in [0.1, 0.15) is 5.82 Å². The van der Waals surface area contributed by atoms with Crippen molar-refractivity contribution in [3.05, 3.63) is 52.1 Å². The van der Waals surface area contributed by atoms with Gasteiger partial charge in [-0.15, -0.1) is 0 Å². The lowest BCUT2D eigenvalue weighted by atomic mass is 10.2. The molecule has 0 radical (unpaired) electrons. The van der Waals surface area contributed by atoms with Gasteiger partial charge in [0, 0.05) is 25.1 Å². The van der Waals surface area contributed by atoms with E-state index < -0.39 is 4.92 Å². The van der Waals surface area contributed by atoms with Crippen molar-refractivity contribution in [2.45, 2.75) is 16.8 Å². The van der Waals surface area contributed by atoms with Gasteiger partial charge in [-0.05, 0) is 25.1 Å². The fraction of sp³-hybridized carbons (Fsp3) is 0.214. The van der Waals surface area contributed by atoms with Crippen LogP contribution in [0.2, 0.25) is 0 Å². The number of rotatable bonds is 4. The lowest BCUT2D eigenvalue weighted by Crippen LogP contribution is -2.11. The van der Waals surface area contributed by atoms with Crippen LogP contribution in [0.5, 0.6) is 0 Å². The molecule has 0 N–H and O–H groups in total. The summed E-state index contributed by atoms with van der Waals surface area (Å²) in [5, 5.41) is 11.5. The number of aryl methyl sites for hydroxylation is 1. The van der Waals surface area contributed by atoms with Crippen LogP contribution in [0.15, 0.2) is 46.3 Å². The maximum Gasteiger partial charge on any atom is 0.301 e. The van der Waals surface area contributed by atoms with Crippen LogP contribution in [0, 0.1) is 17.0 Å². The van der Waals surface area contributed by atoms with Crippen LogP contribution < -0.4 is 4.90 Å². The summed E-state index contributed by atoms with van der Waals surface area (Å²) in [5.74, 6) is 0.699. The molecular formula is C14H15N3O2S. The van der Waals surface area contributed by atoms with Crippen LogP contribution >= 0.6 is 11.8 Å². The second-order valence-electron chi connectivity index (χ2n) is 4.56. The van der Waals surface area contributed by atoms with Gasteiger partial charge < -0.3 is 4.90 Å². The van der Waals surface area contributed by atoms with E-state index in [0.717, 1.165) is 10.5 Å². The normalized spacial score (nSPS) is 10.3. The Kier molecular flexibility index (Phi) is 4.24. The molecule has 0 aliphatic heterocycles. The maximum absolute atomic E-state index is 11.1. The molecule has 2 rings (SSSR count). The summed E-state index contributed by atoms with van der Waals surface area (Å²) in [5.41, 5.74) is 1.18. The van der Waals surface area contributed by atoms with Gasteiger partial charge in [0.2, 0.25) is 0 Å². The molecule has 0 amide bonds. The zero-order valence-electron chi connectivity index (χ0n) is 11.5. The van der Waals surface area contributed by atoms with Gasteiger partial charge in [-0.3, -0.25) is 10.1 Å². The summed E-state index contributed by atoms with van der Waals surface area (Å²) in [4.78, 5) is 17.8. The number of anilines is 1. The average Bonchev–Trinajstić information content (AvgIpc) is 2.41. The molecule has 1 aromatic heterocycles. The van der Waals surface area contributed by atoms with Crippen molar-refractivity contribution in [2.24, 2.45) is 0 Å². The number of hydrogen-bond donors (Lipinski definition) is 0. The Morgan fingerprint density at radius 3 is 2.35 bits per heavy atom. The Morgan fingerprint density at radius 2 is 1.80 bits per heavy atom. The third kappa shape index (κ3) is 3.27. The lowest BCUT2D eigenvalue weighted by molar-refractivity contribution is -0.388. The minimum atomic E-state index is -0.400. The van der Waals surface area contributed by atoms with Crippen LogP contribution in [0.3, 0.4) is 0 Å². The molecule has 0 saturated heterocycles. The number of nitro groups is 1. The molecule has 104 valence electrons. The summed E-state index contributed by atoms with van der Waals surface area (Å²) in [6.45, 7) is 2.00. The van der Waals surface area contributed by atoms with Crippen molar-refractivity contribution in [3.8, 4) is 0 Å². The molecule has 0 atom stereocenters. The molecule has 1 heterocycles. The fourth-order valence-corrected chi connectivity index (χ4v) is 2.49. The zero-order chi connectivity index (χ0) is 14.7. The summed E-state index contributed by atoms with van der Waals surface area (Å²) in [7, 11) is 3.71. The first-order valence-corrected chi connectivity index (χ1v) is 6.86. The first kappa shape index (κ1) is 14.3. The van der Waals surface area contributed by atoms with Crippen LogP contribution in [0.1, 0.15) is 5.56 Å². The van der Waals surface area contributed by atoms with Gasteiger partial charge in [0.15, 0.2) is 5.03 Å². The maximum atomic E-state index is 11.1. The highest BCUT2D eigenvalue weighted by Gasteiger charge is 2.17. The molecule has 0 spiro atoms. The fourth-order valence-electron chi connectivity index (χ4n) is 1.60. The average molecular weight is 289 g/mol. The van der Waals surface area contributed by atoms with Crippen molar-refractivity contribution >= 4 is 23.3 Å². The van der Waals surface area contributed by atoms with Crippen molar-refractivity contribution in [2.75, 3.05) is 19.0 Å². The SMILES string of the molecule is Cc1ccc(Sc2nc(N(C)C)ccc2[N+](=O)[O-])cc1. The second-order valence-corrected chi connectivity index (χ2v) is 5.62. The minimum Gasteiger partial charge on any atom is -0.363 e. The number of pyridine rings is 1. The van der Waals surface area contributed by atoms with Crippen molar-refractivity contribution in [1.29, 1.82) is 0 Å². The third-order valence-corrected chi connectivity index (χ3v) is 3.72. The van der Waals surface area contributed by atoms with Crippen LogP contribution in [0.4, 0.5) is 11.5 Å². The zero-order valence-corrected chi connectivity index (χ0v) is 12.3. The Bertz CT molecular complexity index is 627. The number of hydrogen-bond acceptors (Lipinski definition) is 5. The Morgan fingerprint density at radius 1 is 1.15 bits per heavy atom. The number of nitrogens with zero attached hydrogens (tertiary/aromatic N) is 3. The Balaban J connectivity index is 2.39. The first-order valence-electron chi connectivity index (χ1n) is 6.04. The highest BCUT2D eigenvalue weighted by molar-refractivity contribution is 7.99. The van der Waals surface area contributed by atoms with E-state index >= 15 is 0 Å². The minimum absolute atomic E-state index is 0.0289. The number of aromatic nitrogens is 1. The summed E-state index contributed by atoms with van der Waals surface area (Å²) >= 11 is 1.30. The molecule has 1 aromatic carbocycles. The highest BCUT2D eigenvalue weighted by Crippen LogP contribution is 2.34. The quantitative estimate of drug-likeness (QED) is 0.636. The molecule has 6 heteroatoms. The molecule has 0 fully saturated rings. The van der Waals surface area contributed by atoms with E-state index in [4.69, 9.17) is 0 Å². The molecule has 0 aliphatic rings. The predicted octanol–water partition coefficient (Wildman–Crippen LogP) is 3.52. The summed E-state index contributed by atoms with van der Waals surface area (Å²) in [6, 6.07) is 11.0. The van der Waals surface area contributed by atoms with E-state index in [1.54, 1.807) is 6.07 Å². The van der Waals surface area contributed by atoms with Crippen molar-refractivity contribution in [1.82, 2.24) is 4.98 Å². The molecule has 20 heavy (non-hydrogen) atoms. The smallest absolute Gasteiger partial charge is 0.301 e. The third-order valence-electron chi connectivity index (χ3n) is 2.72. The van der Waals surface area contributed by atoms with E-state index in [-0.39, 0.29) is 5.69 Å². The number of benzene rings is 1. The van der Waals surface area contributed by atoms with E-state index in [1.807, 2.05) is 50.2 Å². The molecular weight excluding hydrogens is 274 g/mol. The Hall–Kier alpha value is -2.08. The van der Waals surface area contributed by atoms with E-state index in [9.17, 15) is 10.1 Å². The standard InChI is InChI=1S/C14H15N3O2S/c1-10-4-6-11(7-5-10)20-14-12(17(18)19)8-9-13(15-14)16(2)3/h4-9H,1-3H3. The predicted molar refractivity (Wildman–Crippen MR) is 80.5 cm³/mol. The molecule has 5 nitrogen and oxygen atoms in total. The molecule has 0 aliphatic carbocycles. The van der Waals surface area contributed by atoms with Crippen molar-refractivity contribution < 1.29 is 4.92 Å². The van der Waals surface area contributed by atoms with Gasteiger partial charge in [-0.25, -0.2) is 4.98 Å². The molecule has 2 aromatic rings. The first-order chi connectivity index (χ1) is 9.47. The van der Waals surface area contributed by atoms with Gasteiger partial charge in [-0.2, -0.15) is 0 Å². The van der Waals surface area contributed by atoms with Crippen LogP contribution in [-0.2, 0) is 0 Å². The molecule has 0 bridgehead atoms. The molecule has 0 saturated carbocycles. The second kappa shape index (κ2) is 5.92. The van der Waals surface area contributed by atoms with Crippen LogP contribution in [-0.4, -0.2) is 24.0 Å². The van der Waals surface area contributed by atoms with Gasteiger partial charge in [0.05, 0.1) is 4.92 Å². The van der Waals surface area contributed by atoms with Crippen molar-refractivity contribution in [3.63, 3.8) is 0 Å². The van der Waals surface area contributed by atoms with Gasteiger partial charge in [-0.1, -0.05) is 29.5 Å². The monoisotopic (exact) mass is 289 g/mol. The lowest BCUT2D eigenvalue weighted by Gasteiger charge is -2.12. The summed E-state index contributed by atoms with van der Waals surface area (Å²) < 4.78 is 0.